The van der Waals surface area contributed by atoms with Crippen molar-refractivity contribution in [2.24, 2.45) is 0 Å². The summed E-state index contributed by atoms with van der Waals surface area (Å²) in [6, 6.07) is 5.35. The number of carbonyl (C=O) groups excluding carboxylic acids is 1. The fourth-order valence-corrected chi connectivity index (χ4v) is 4.04. The van der Waals surface area contributed by atoms with Crippen LogP contribution in [0.1, 0.15) is 29.3 Å². The zero-order valence-electron chi connectivity index (χ0n) is 11.8. The van der Waals surface area contributed by atoms with Crippen LogP contribution in [0.4, 0.5) is 5.69 Å². The predicted molar refractivity (Wildman–Crippen MR) is 79.9 cm³/mol. The molecule has 6 heteroatoms. The molecule has 1 fully saturated rings. The number of benzene rings is 1. The molecule has 1 aromatic carbocycles. The molecule has 1 saturated heterocycles. The molecule has 1 atom stereocenters. The van der Waals surface area contributed by atoms with Crippen LogP contribution >= 0.6 is 0 Å². The van der Waals surface area contributed by atoms with E-state index in [0.717, 1.165) is 17.8 Å². The number of carbonyl (C=O) groups is 1. The van der Waals surface area contributed by atoms with Crippen LogP contribution in [-0.4, -0.2) is 38.4 Å². The predicted octanol–water partition coefficient (Wildman–Crippen LogP) is 1.34. The van der Waals surface area contributed by atoms with E-state index < -0.39 is 9.84 Å². The van der Waals surface area contributed by atoms with Gasteiger partial charge in [-0.3, -0.25) is 4.79 Å². The second-order valence-corrected chi connectivity index (χ2v) is 7.38. The normalized spacial score (nSPS) is 20.6. The maximum absolute atomic E-state index is 12.3. The maximum Gasteiger partial charge on any atom is 0.253 e. The maximum atomic E-state index is 12.3. The van der Waals surface area contributed by atoms with Crippen molar-refractivity contribution in [3.63, 3.8) is 0 Å². The molecule has 0 saturated carbocycles. The summed E-state index contributed by atoms with van der Waals surface area (Å²) in [5.41, 5.74) is 2.34. The molecular weight excluding hydrogens is 276 g/mol. The van der Waals surface area contributed by atoms with Gasteiger partial charge in [0, 0.05) is 18.3 Å². The summed E-state index contributed by atoms with van der Waals surface area (Å²) in [6.45, 7) is 4.61. The third kappa shape index (κ3) is 3.50. The third-order valence-electron chi connectivity index (χ3n) is 3.35. The number of nitrogens with one attached hydrogen (secondary N) is 2. The van der Waals surface area contributed by atoms with Gasteiger partial charge in [0.1, 0.15) is 0 Å². The molecule has 5 nitrogen and oxygen atoms in total. The van der Waals surface area contributed by atoms with Crippen molar-refractivity contribution < 1.29 is 13.2 Å². The first-order valence-electron chi connectivity index (χ1n) is 6.77. The van der Waals surface area contributed by atoms with Crippen LogP contribution in [0.5, 0.6) is 0 Å². The molecule has 0 bridgehead atoms. The number of hydrogen-bond donors (Lipinski definition) is 2. The highest BCUT2D eigenvalue weighted by Crippen LogP contribution is 2.19. The summed E-state index contributed by atoms with van der Waals surface area (Å²) in [5, 5.41) is 5.97. The molecule has 1 aromatic rings. The van der Waals surface area contributed by atoms with E-state index in [0.29, 0.717) is 12.0 Å². The van der Waals surface area contributed by atoms with E-state index in [-0.39, 0.29) is 23.5 Å². The summed E-state index contributed by atoms with van der Waals surface area (Å²) in [7, 11) is -2.98. The Morgan fingerprint density at radius 1 is 1.40 bits per heavy atom. The second kappa shape index (κ2) is 5.83. The third-order valence-corrected chi connectivity index (χ3v) is 5.12. The van der Waals surface area contributed by atoms with E-state index in [1.165, 1.54) is 0 Å². The minimum Gasteiger partial charge on any atom is -0.385 e. The van der Waals surface area contributed by atoms with Gasteiger partial charge in [-0.15, -0.1) is 0 Å². The Bertz CT molecular complexity index is 611. The van der Waals surface area contributed by atoms with Crippen molar-refractivity contribution in [1.82, 2.24) is 5.32 Å². The van der Waals surface area contributed by atoms with Crippen molar-refractivity contribution in [2.75, 3.05) is 23.4 Å². The summed E-state index contributed by atoms with van der Waals surface area (Å²) in [5.74, 6) is -0.0147. The van der Waals surface area contributed by atoms with Gasteiger partial charge in [-0.1, -0.05) is 11.6 Å². The number of aryl methyl sites for hydroxylation is 1. The standard InChI is InChI=1S/C14H20N2O3S/c1-3-15-13-5-4-10(2)8-12(13)14(17)16-11-6-7-20(18,19)9-11/h4-5,8,11,15H,3,6-7,9H2,1-2H3,(H,16,17). The van der Waals surface area contributed by atoms with Crippen molar-refractivity contribution in [2.45, 2.75) is 26.3 Å². The van der Waals surface area contributed by atoms with E-state index in [1.54, 1.807) is 0 Å². The Labute approximate surface area is 119 Å². The highest BCUT2D eigenvalue weighted by atomic mass is 32.2. The largest absolute Gasteiger partial charge is 0.385 e. The summed E-state index contributed by atoms with van der Waals surface area (Å²) < 4.78 is 22.8. The average molecular weight is 296 g/mol. The number of sulfone groups is 1. The lowest BCUT2D eigenvalue weighted by molar-refractivity contribution is 0.0942. The Balaban J connectivity index is 2.14. The minimum atomic E-state index is -2.98. The van der Waals surface area contributed by atoms with Crippen LogP contribution in [0.15, 0.2) is 18.2 Å². The summed E-state index contributed by atoms with van der Waals surface area (Å²) in [4.78, 5) is 12.3. The first-order valence-corrected chi connectivity index (χ1v) is 8.59. The SMILES string of the molecule is CCNc1ccc(C)cc1C(=O)NC1CCS(=O)(=O)C1. The lowest BCUT2D eigenvalue weighted by Crippen LogP contribution is -2.36. The van der Waals surface area contributed by atoms with Crippen molar-refractivity contribution in [1.29, 1.82) is 0 Å². The molecule has 2 N–H and O–H groups in total. The van der Waals surface area contributed by atoms with Crippen molar-refractivity contribution in [3.8, 4) is 0 Å². The smallest absolute Gasteiger partial charge is 0.253 e. The van der Waals surface area contributed by atoms with Gasteiger partial charge in [0.05, 0.1) is 17.1 Å². The molecular formula is C14H20N2O3S. The van der Waals surface area contributed by atoms with E-state index in [2.05, 4.69) is 10.6 Å². The van der Waals surface area contributed by atoms with E-state index in [1.807, 2.05) is 32.0 Å². The fraction of sp³-hybridized carbons (Fsp3) is 0.500. The van der Waals surface area contributed by atoms with E-state index in [4.69, 9.17) is 0 Å². The van der Waals surface area contributed by atoms with Gasteiger partial charge in [0.25, 0.3) is 5.91 Å². The van der Waals surface area contributed by atoms with Crippen LogP contribution < -0.4 is 10.6 Å². The van der Waals surface area contributed by atoms with Crippen molar-refractivity contribution >= 4 is 21.4 Å². The number of hydrogen-bond acceptors (Lipinski definition) is 4. The molecule has 2 rings (SSSR count). The summed E-state index contributed by atoms with van der Waals surface area (Å²) >= 11 is 0. The molecule has 1 unspecified atom stereocenters. The van der Waals surface area contributed by atoms with Gasteiger partial charge in [0.2, 0.25) is 0 Å². The first-order chi connectivity index (χ1) is 9.41. The van der Waals surface area contributed by atoms with Gasteiger partial charge in [0.15, 0.2) is 9.84 Å². The van der Waals surface area contributed by atoms with Crippen LogP contribution in [0, 0.1) is 6.92 Å². The number of rotatable bonds is 4. The minimum absolute atomic E-state index is 0.0428. The molecule has 1 aliphatic rings. The van der Waals surface area contributed by atoms with E-state index in [9.17, 15) is 13.2 Å². The molecule has 1 heterocycles. The second-order valence-electron chi connectivity index (χ2n) is 5.15. The Hall–Kier alpha value is -1.56. The zero-order valence-corrected chi connectivity index (χ0v) is 12.6. The van der Waals surface area contributed by atoms with Crippen molar-refractivity contribution in [3.05, 3.63) is 29.3 Å². The van der Waals surface area contributed by atoms with E-state index >= 15 is 0 Å². The highest BCUT2D eigenvalue weighted by Gasteiger charge is 2.29. The molecule has 0 aliphatic carbocycles. The quantitative estimate of drug-likeness (QED) is 0.879. The van der Waals surface area contributed by atoms with Gasteiger partial charge in [-0.2, -0.15) is 0 Å². The monoisotopic (exact) mass is 296 g/mol. The van der Waals surface area contributed by atoms with Gasteiger partial charge >= 0.3 is 0 Å². The molecule has 0 aromatic heterocycles. The Morgan fingerprint density at radius 2 is 2.15 bits per heavy atom. The zero-order chi connectivity index (χ0) is 14.8. The Kier molecular flexibility index (Phi) is 4.32. The number of anilines is 1. The van der Waals surface area contributed by atoms with Crippen LogP contribution in [0.25, 0.3) is 0 Å². The van der Waals surface area contributed by atoms with Crippen LogP contribution in [-0.2, 0) is 9.84 Å². The van der Waals surface area contributed by atoms with Gasteiger partial charge < -0.3 is 10.6 Å². The number of amides is 1. The molecule has 0 radical (unpaired) electrons. The molecule has 0 spiro atoms. The molecule has 110 valence electrons. The van der Waals surface area contributed by atoms with Gasteiger partial charge in [-0.25, -0.2) is 8.42 Å². The fourth-order valence-electron chi connectivity index (χ4n) is 2.36. The highest BCUT2D eigenvalue weighted by molar-refractivity contribution is 7.91. The molecule has 20 heavy (non-hydrogen) atoms. The molecule has 1 amide bonds. The van der Waals surface area contributed by atoms with Gasteiger partial charge in [-0.05, 0) is 32.4 Å². The first kappa shape index (κ1) is 14.8. The van der Waals surface area contributed by atoms with Crippen LogP contribution in [0.3, 0.4) is 0 Å². The molecule has 1 aliphatic heterocycles. The average Bonchev–Trinajstić information content (AvgIpc) is 2.71. The van der Waals surface area contributed by atoms with Crippen LogP contribution in [0.2, 0.25) is 0 Å². The lowest BCUT2D eigenvalue weighted by atomic mass is 10.1. The topological polar surface area (TPSA) is 75.3 Å². The summed E-state index contributed by atoms with van der Waals surface area (Å²) in [6.07, 6.45) is 0.496. The Morgan fingerprint density at radius 3 is 2.75 bits per heavy atom. The lowest BCUT2D eigenvalue weighted by Gasteiger charge is -2.15.